The molecular formula is C2Cr3-. The summed E-state index contributed by atoms with van der Waals surface area (Å²) in [6.45, 7) is 0. The van der Waals surface area contributed by atoms with Crippen molar-refractivity contribution in [3.05, 3.63) is 12.8 Å². The van der Waals surface area contributed by atoms with E-state index in [-0.39, 0.29) is 52.1 Å². The second kappa shape index (κ2) is 66.5. The van der Waals surface area contributed by atoms with Crippen molar-refractivity contribution in [3.8, 4) is 0 Å². The maximum atomic E-state index is 5.00. The molecule has 0 rings (SSSR count). The zero-order valence-electron chi connectivity index (χ0n) is 2.22. The topological polar surface area (TPSA) is 0 Å². The number of hydrogen-bond acceptors (Lipinski definition) is 0. The van der Waals surface area contributed by atoms with Crippen molar-refractivity contribution in [2.75, 3.05) is 0 Å². The van der Waals surface area contributed by atoms with Crippen molar-refractivity contribution < 1.29 is 52.1 Å². The Bertz CT molecular complexity index is 9.61. The van der Waals surface area contributed by atoms with Crippen molar-refractivity contribution in [1.82, 2.24) is 0 Å². The molecule has 0 N–H and O–H groups in total. The SMILES string of the molecule is [C]#[C-].[Cr].[Cr].[Cr]. The van der Waals surface area contributed by atoms with Gasteiger partial charge in [-0.2, -0.15) is 0 Å². The van der Waals surface area contributed by atoms with E-state index in [0.29, 0.717) is 0 Å². The molecule has 0 saturated carbocycles. The van der Waals surface area contributed by atoms with Gasteiger partial charge in [-0.25, -0.2) is 0 Å². The van der Waals surface area contributed by atoms with Gasteiger partial charge in [-0.15, -0.1) is 0 Å². The monoisotopic (exact) mass is 180 g/mol. The van der Waals surface area contributed by atoms with E-state index < -0.39 is 0 Å². The smallest absolute Gasteiger partial charge is 0 e. The first-order chi connectivity index (χ1) is 1.00. The average molecular weight is 180 g/mol. The molecule has 5 heavy (non-hydrogen) atoms. The van der Waals surface area contributed by atoms with E-state index in [0.717, 1.165) is 0 Å². The Balaban J connectivity index is -0.00000000167. The van der Waals surface area contributed by atoms with Crippen molar-refractivity contribution in [2.45, 2.75) is 0 Å². The molecule has 0 aliphatic rings. The van der Waals surface area contributed by atoms with Crippen LogP contribution in [-0.4, -0.2) is 0 Å². The van der Waals surface area contributed by atoms with Crippen LogP contribution in [0, 0.1) is 12.8 Å². The van der Waals surface area contributed by atoms with Crippen molar-refractivity contribution in [2.24, 2.45) is 0 Å². The van der Waals surface area contributed by atoms with Crippen LogP contribution in [0.2, 0.25) is 0 Å². The van der Waals surface area contributed by atoms with Gasteiger partial charge in [0, 0.05) is 52.1 Å². The summed E-state index contributed by atoms with van der Waals surface area (Å²) in [6.07, 6.45) is 10.0. The molecule has 0 unspecified atom stereocenters. The van der Waals surface area contributed by atoms with Crippen LogP contribution in [0.15, 0.2) is 0 Å². The van der Waals surface area contributed by atoms with Gasteiger partial charge in [0.1, 0.15) is 0 Å². The molecule has 0 aromatic carbocycles. The molecule has 0 nitrogen and oxygen atoms in total. The van der Waals surface area contributed by atoms with Crippen LogP contribution in [0.3, 0.4) is 0 Å². The van der Waals surface area contributed by atoms with Crippen LogP contribution in [0.1, 0.15) is 0 Å². The molecule has 0 atom stereocenters. The Labute approximate surface area is 64.7 Å². The molecule has 0 saturated heterocycles. The van der Waals surface area contributed by atoms with Crippen LogP contribution >= 0.6 is 0 Å². The molecule has 0 amide bonds. The minimum Gasteiger partial charge on any atom is -0.682 e. The van der Waals surface area contributed by atoms with Crippen LogP contribution < -0.4 is 0 Å². The van der Waals surface area contributed by atoms with E-state index in [9.17, 15) is 0 Å². The fourth-order valence-corrected chi connectivity index (χ4v) is 0. The third-order valence-corrected chi connectivity index (χ3v) is 0. The Kier molecular flexibility index (Phi) is 468. The quantitative estimate of drug-likeness (QED) is 0.367. The maximum Gasteiger partial charge on any atom is 0 e. The molecule has 0 heterocycles. The standard InChI is InChI=1S/C2.3Cr/c1-2;;;/q-1;;;. The number of hydrogen-bond donors (Lipinski definition) is 0. The summed E-state index contributed by atoms with van der Waals surface area (Å²) in [6, 6.07) is 0. The van der Waals surface area contributed by atoms with E-state index in [2.05, 4.69) is 0 Å². The van der Waals surface area contributed by atoms with Gasteiger partial charge in [-0.05, 0) is 0 Å². The maximum absolute atomic E-state index is 5.00. The van der Waals surface area contributed by atoms with E-state index >= 15 is 0 Å². The summed E-state index contributed by atoms with van der Waals surface area (Å²) >= 11 is 0. The number of rotatable bonds is 0. The van der Waals surface area contributed by atoms with E-state index in [1.807, 2.05) is 0 Å². The summed E-state index contributed by atoms with van der Waals surface area (Å²) in [5, 5.41) is 0. The average Bonchev–Trinajstić information content (AvgIpc) is 1.00. The van der Waals surface area contributed by atoms with Crippen molar-refractivity contribution in [1.29, 1.82) is 0 Å². The van der Waals surface area contributed by atoms with Gasteiger partial charge < -0.3 is 12.8 Å². The predicted molar refractivity (Wildman–Crippen MR) is 6.49 cm³/mol. The molecule has 3 heteroatoms. The Morgan fingerprint density at radius 3 is 0.800 bits per heavy atom. The van der Waals surface area contributed by atoms with Gasteiger partial charge in [-0.1, -0.05) is 0 Å². The van der Waals surface area contributed by atoms with Crippen LogP contribution in [0.5, 0.6) is 0 Å². The second-order valence-corrected chi connectivity index (χ2v) is 0. The molecule has 0 aliphatic carbocycles. The van der Waals surface area contributed by atoms with Crippen molar-refractivity contribution in [3.63, 3.8) is 0 Å². The molecule has 0 fully saturated rings. The second-order valence-electron chi connectivity index (χ2n) is 0. The van der Waals surface area contributed by atoms with E-state index in [1.54, 1.807) is 0 Å². The third-order valence-electron chi connectivity index (χ3n) is 0. The van der Waals surface area contributed by atoms with Crippen LogP contribution in [0.25, 0.3) is 0 Å². The molecule has 0 aromatic heterocycles. The zero-order chi connectivity index (χ0) is 2.00. The molecule has 0 bridgehead atoms. The fraction of sp³-hybridized carbons (Fsp3) is 0. The summed E-state index contributed by atoms with van der Waals surface area (Å²) in [4.78, 5) is 0. The van der Waals surface area contributed by atoms with E-state index in [4.69, 9.17) is 12.8 Å². The molecule has 1 radical (unpaired) electrons. The van der Waals surface area contributed by atoms with Crippen LogP contribution in [0.4, 0.5) is 0 Å². The third kappa shape index (κ3) is 38.4. The Morgan fingerprint density at radius 1 is 0.800 bits per heavy atom. The Morgan fingerprint density at radius 2 is 0.800 bits per heavy atom. The van der Waals surface area contributed by atoms with Crippen LogP contribution in [-0.2, 0) is 52.1 Å². The summed E-state index contributed by atoms with van der Waals surface area (Å²) in [7, 11) is 0. The van der Waals surface area contributed by atoms with Crippen molar-refractivity contribution >= 4 is 0 Å². The molecule has 0 aliphatic heterocycles. The molecule has 27 valence electrons. The fourth-order valence-electron chi connectivity index (χ4n) is 0. The normalized spacial score (nSPS) is 0.400. The minimum absolute atomic E-state index is 0. The predicted octanol–water partition coefficient (Wildman–Crippen LogP) is 0.155. The summed E-state index contributed by atoms with van der Waals surface area (Å²) in [5.41, 5.74) is 0. The molecular weight excluding hydrogens is 180 g/mol. The molecule has 0 spiro atoms. The zero-order valence-corrected chi connectivity index (χ0v) is 6.05. The van der Waals surface area contributed by atoms with Gasteiger partial charge in [0.25, 0.3) is 0 Å². The largest absolute Gasteiger partial charge is 0.682 e. The van der Waals surface area contributed by atoms with Gasteiger partial charge in [0.2, 0.25) is 0 Å². The first-order valence-corrected chi connectivity index (χ1v) is 0.250. The van der Waals surface area contributed by atoms with E-state index in [1.165, 1.54) is 0 Å². The molecule has 0 aromatic rings. The summed E-state index contributed by atoms with van der Waals surface area (Å²) < 4.78 is 0. The minimum atomic E-state index is 0. The van der Waals surface area contributed by atoms with Gasteiger partial charge in [-0.3, -0.25) is 0 Å². The van der Waals surface area contributed by atoms with Gasteiger partial charge in [0.15, 0.2) is 0 Å². The summed E-state index contributed by atoms with van der Waals surface area (Å²) in [5.74, 6) is 0. The first-order valence-electron chi connectivity index (χ1n) is 0.250. The first kappa shape index (κ1) is 35.2. The Hall–Kier alpha value is 1.16. The van der Waals surface area contributed by atoms with Gasteiger partial charge >= 0.3 is 0 Å². The van der Waals surface area contributed by atoms with Gasteiger partial charge in [0.05, 0.1) is 0 Å².